The number of hydrogen-bond acceptors (Lipinski definition) is 5. The van der Waals surface area contributed by atoms with Crippen LogP contribution in [0.4, 0.5) is 4.79 Å². The number of carbonyl (C=O) groups excluding carboxylic acids is 4. The van der Waals surface area contributed by atoms with Crippen LogP contribution in [0.3, 0.4) is 0 Å². The molecule has 1 aliphatic carbocycles. The average Bonchev–Trinajstić information content (AvgIpc) is 3.09. The predicted molar refractivity (Wildman–Crippen MR) is 63.7 cm³/mol. The third-order valence-corrected chi connectivity index (χ3v) is 3.44. The first-order valence-corrected chi connectivity index (χ1v) is 6.62. The number of imide groups is 1. The minimum absolute atomic E-state index is 0.0922. The average molecular weight is 271 g/mol. The summed E-state index contributed by atoms with van der Waals surface area (Å²) < 4.78 is 0. The van der Waals surface area contributed by atoms with Gasteiger partial charge in [-0.25, -0.2) is 0 Å². The van der Waals surface area contributed by atoms with Gasteiger partial charge < -0.3 is 10.6 Å². The van der Waals surface area contributed by atoms with Gasteiger partial charge in [0, 0.05) is 19.1 Å². The van der Waals surface area contributed by atoms with Crippen molar-refractivity contribution in [1.82, 2.24) is 15.5 Å². The fraction of sp³-hybridized carbons (Fsp3) is 0.600. The Bertz CT molecular complexity index is 392. The van der Waals surface area contributed by atoms with E-state index in [1.165, 1.54) is 0 Å². The number of carbonyl (C=O) groups is 4. The lowest BCUT2D eigenvalue weighted by Crippen LogP contribution is -2.44. The molecule has 98 valence electrons. The highest BCUT2D eigenvalue weighted by molar-refractivity contribution is 8.14. The van der Waals surface area contributed by atoms with E-state index in [9.17, 15) is 19.2 Å². The van der Waals surface area contributed by atoms with Gasteiger partial charge in [-0.15, -0.1) is 0 Å². The van der Waals surface area contributed by atoms with Gasteiger partial charge in [-0.3, -0.25) is 24.1 Å². The number of nitrogens with zero attached hydrogens (tertiary/aromatic N) is 1. The largest absolute Gasteiger partial charge is 0.346 e. The second-order valence-corrected chi connectivity index (χ2v) is 5.03. The molecule has 1 aliphatic heterocycles. The van der Waals surface area contributed by atoms with Gasteiger partial charge in [0.2, 0.25) is 5.91 Å². The number of nitrogens with one attached hydrogen (secondary N) is 2. The molecule has 2 aliphatic rings. The van der Waals surface area contributed by atoms with E-state index in [1.807, 2.05) is 0 Å². The lowest BCUT2D eigenvalue weighted by atomic mass is 10.4. The van der Waals surface area contributed by atoms with E-state index in [4.69, 9.17) is 0 Å². The van der Waals surface area contributed by atoms with Crippen molar-refractivity contribution >= 4 is 34.7 Å². The van der Waals surface area contributed by atoms with Crippen LogP contribution in [0.5, 0.6) is 0 Å². The summed E-state index contributed by atoms with van der Waals surface area (Å²) in [6.07, 6.45) is 1.82. The molecular formula is C10H13N3O4S. The molecule has 0 aromatic carbocycles. The minimum Gasteiger partial charge on any atom is -0.346 e. The highest BCUT2D eigenvalue weighted by Gasteiger charge is 2.30. The Morgan fingerprint density at radius 2 is 2.00 bits per heavy atom. The topological polar surface area (TPSA) is 95.6 Å². The lowest BCUT2D eigenvalue weighted by molar-refractivity contribution is -0.139. The molecule has 18 heavy (non-hydrogen) atoms. The first kappa shape index (κ1) is 12.9. The van der Waals surface area contributed by atoms with Crippen LogP contribution in [-0.2, 0) is 14.4 Å². The summed E-state index contributed by atoms with van der Waals surface area (Å²) >= 11 is 0.941. The van der Waals surface area contributed by atoms with E-state index >= 15 is 0 Å². The first-order valence-electron chi connectivity index (χ1n) is 5.64. The van der Waals surface area contributed by atoms with Crippen molar-refractivity contribution in [3.63, 3.8) is 0 Å². The molecule has 8 heteroatoms. The summed E-state index contributed by atoms with van der Waals surface area (Å²) in [5.41, 5.74) is 0. The maximum absolute atomic E-state index is 11.3. The SMILES string of the molecule is O=C(NCCN1C(=O)CSC1=O)C(=O)NC1CC1. The van der Waals surface area contributed by atoms with E-state index in [0.717, 1.165) is 29.5 Å². The molecule has 2 N–H and O–H groups in total. The molecule has 0 aromatic heterocycles. The van der Waals surface area contributed by atoms with Gasteiger partial charge in [0.15, 0.2) is 0 Å². The molecule has 0 bridgehead atoms. The zero-order valence-corrected chi connectivity index (χ0v) is 10.4. The summed E-state index contributed by atoms with van der Waals surface area (Å²) in [7, 11) is 0. The van der Waals surface area contributed by atoms with Crippen LogP contribution in [0.1, 0.15) is 12.8 Å². The molecule has 1 saturated carbocycles. The lowest BCUT2D eigenvalue weighted by Gasteiger charge is -2.12. The Morgan fingerprint density at radius 1 is 1.28 bits per heavy atom. The maximum Gasteiger partial charge on any atom is 0.309 e. The van der Waals surface area contributed by atoms with Crippen LogP contribution in [0.15, 0.2) is 0 Å². The second kappa shape index (κ2) is 5.38. The molecule has 2 fully saturated rings. The van der Waals surface area contributed by atoms with Crippen molar-refractivity contribution < 1.29 is 19.2 Å². The number of rotatable bonds is 4. The molecule has 0 spiro atoms. The van der Waals surface area contributed by atoms with Gasteiger partial charge in [-0.05, 0) is 12.8 Å². The highest BCUT2D eigenvalue weighted by Crippen LogP contribution is 2.18. The summed E-state index contributed by atoms with van der Waals surface area (Å²) in [5.74, 6) is -1.50. The van der Waals surface area contributed by atoms with E-state index < -0.39 is 11.8 Å². The molecular weight excluding hydrogens is 258 g/mol. The van der Waals surface area contributed by atoms with E-state index in [0.29, 0.717) is 0 Å². The molecule has 2 rings (SSSR count). The first-order chi connectivity index (χ1) is 8.58. The Morgan fingerprint density at radius 3 is 2.56 bits per heavy atom. The normalized spacial score (nSPS) is 19.0. The smallest absolute Gasteiger partial charge is 0.309 e. The van der Waals surface area contributed by atoms with Gasteiger partial charge in [-0.2, -0.15) is 0 Å². The van der Waals surface area contributed by atoms with Gasteiger partial charge >= 0.3 is 11.8 Å². The Labute approximate surface area is 108 Å². The van der Waals surface area contributed by atoms with E-state index in [2.05, 4.69) is 10.6 Å². The zero-order valence-electron chi connectivity index (χ0n) is 9.60. The Balaban J connectivity index is 1.67. The van der Waals surface area contributed by atoms with Crippen LogP contribution in [0, 0.1) is 0 Å². The summed E-state index contributed by atoms with van der Waals surface area (Å²) in [6.45, 7) is 0.197. The summed E-state index contributed by atoms with van der Waals surface area (Å²) in [6, 6.07) is 0.126. The van der Waals surface area contributed by atoms with Gasteiger partial charge in [0.1, 0.15) is 0 Å². The molecule has 4 amide bonds. The number of hydrogen-bond donors (Lipinski definition) is 2. The molecule has 0 unspecified atom stereocenters. The second-order valence-electron chi connectivity index (χ2n) is 4.10. The molecule has 7 nitrogen and oxygen atoms in total. The van der Waals surface area contributed by atoms with Gasteiger partial charge in [0.25, 0.3) is 5.24 Å². The monoisotopic (exact) mass is 271 g/mol. The van der Waals surface area contributed by atoms with Crippen molar-refractivity contribution in [1.29, 1.82) is 0 Å². The zero-order chi connectivity index (χ0) is 13.1. The number of amides is 4. The van der Waals surface area contributed by atoms with Gasteiger partial charge in [0.05, 0.1) is 5.75 Å². The fourth-order valence-electron chi connectivity index (χ4n) is 1.44. The van der Waals surface area contributed by atoms with Crippen molar-refractivity contribution in [2.45, 2.75) is 18.9 Å². The Hall–Kier alpha value is -1.57. The standard InChI is InChI=1S/C10H13N3O4S/c14-7-5-18-10(17)13(7)4-3-11-8(15)9(16)12-6-1-2-6/h6H,1-5H2,(H,11,15)(H,12,16). The molecule has 0 atom stereocenters. The van der Waals surface area contributed by atoms with E-state index in [1.54, 1.807) is 0 Å². The van der Waals surface area contributed by atoms with Crippen molar-refractivity contribution in [3.05, 3.63) is 0 Å². The predicted octanol–water partition coefficient (Wildman–Crippen LogP) is -0.923. The van der Waals surface area contributed by atoms with Crippen LogP contribution >= 0.6 is 11.8 Å². The Kier molecular flexibility index (Phi) is 3.85. The summed E-state index contributed by atoms with van der Waals surface area (Å²) in [4.78, 5) is 46.1. The van der Waals surface area contributed by atoms with Crippen LogP contribution in [-0.4, -0.2) is 52.7 Å². The van der Waals surface area contributed by atoms with Crippen molar-refractivity contribution in [2.24, 2.45) is 0 Å². The third-order valence-electron chi connectivity index (χ3n) is 2.58. The van der Waals surface area contributed by atoms with Crippen LogP contribution < -0.4 is 10.6 Å². The molecule has 1 saturated heterocycles. The van der Waals surface area contributed by atoms with Crippen LogP contribution in [0.2, 0.25) is 0 Å². The minimum atomic E-state index is -0.728. The fourth-order valence-corrected chi connectivity index (χ4v) is 2.19. The van der Waals surface area contributed by atoms with Crippen molar-refractivity contribution in [3.8, 4) is 0 Å². The summed E-state index contributed by atoms with van der Waals surface area (Å²) in [5, 5.41) is 4.62. The highest BCUT2D eigenvalue weighted by atomic mass is 32.2. The molecule has 0 radical (unpaired) electrons. The molecule has 0 aromatic rings. The van der Waals surface area contributed by atoms with Crippen LogP contribution in [0.25, 0.3) is 0 Å². The number of thioether (sulfide) groups is 1. The quantitative estimate of drug-likeness (QED) is 0.644. The van der Waals surface area contributed by atoms with E-state index in [-0.39, 0.29) is 36.0 Å². The molecule has 1 heterocycles. The third kappa shape index (κ3) is 3.22. The maximum atomic E-state index is 11.3. The van der Waals surface area contributed by atoms with Gasteiger partial charge in [-0.1, -0.05) is 11.8 Å². The van der Waals surface area contributed by atoms with Crippen molar-refractivity contribution in [2.75, 3.05) is 18.8 Å².